The molecule has 2 heterocycles. The number of esters is 2. The molecule has 1 aromatic heterocycles. The molecule has 11 nitrogen and oxygen atoms in total. The van der Waals surface area contributed by atoms with Crippen molar-refractivity contribution in [3.05, 3.63) is 63.4 Å². The maximum atomic E-state index is 14.3. The average molecular weight is 527 g/mol. The summed E-state index contributed by atoms with van der Waals surface area (Å²) in [4.78, 5) is 45.5. The summed E-state index contributed by atoms with van der Waals surface area (Å²) in [6, 6.07) is 10.0. The Balaban J connectivity index is 0.000000306. The number of rotatable bonds is 5. The molecule has 1 aromatic carbocycles. The number of hydrogen-bond donors (Lipinski definition) is 3. The molecule has 0 bridgehead atoms. The van der Waals surface area contributed by atoms with E-state index in [0.717, 1.165) is 23.8 Å². The average Bonchev–Trinajstić information content (AvgIpc) is 3.03. The van der Waals surface area contributed by atoms with Crippen LogP contribution in [0.4, 0.5) is 4.39 Å². The van der Waals surface area contributed by atoms with Gasteiger partial charge in [0, 0.05) is 19.2 Å². The summed E-state index contributed by atoms with van der Waals surface area (Å²) in [5.41, 5.74) is -3.72. The Labute approximate surface area is 213 Å². The van der Waals surface area contributed by atoms with Crippen LogP contribution in [-0.4, -0.2) is 62.3 Å². The van der Waals surface area contributed by atoms with E-state index in [1.807, 2.05) is 50.9 Å². The Hall–Kier alpha value is -3.35. The first-order valence-electron chi connectivity index (χ1n) is 11.6. The predicted octanol–water partition coefficient (Wildman–Crippen LogP) is 1.72. The van der Waals surface area contributed by atoms with E-state index in [-0.39, 0.29) is 24.0 Å². The van der Waals surface area contributed by atoms with Gasteiger partial charge in [0.2, 0.25) is 0 Å². The summed E-state index contributed by atoms with van der Waals surface area (Å²) in [6.45, 7) is 9.22. The number of nitrogens with one attached hydrogen (secondary N) is 1. The molecule has 1 saturated heterocycles. The van der Waals surface area contributed by atoms with Gasteiger partial charge in [0.25, 0.3) is 5.56 Å². The van der Waals surface area contributed by atoms with Gasteiger partial charge in [-0.2, -0.15) is 0 Å². The lowest BCUT2D eigenvalue weighted by Gasteiger charge is -2.24. The summed E-state index contributed by atoms with van der Waals surface area (Å²) in [7, 11) is 0. The molecular formula is C25H35FN2O9. The summed E-state index contributed by atoms with van der Waals surface area (Å²) < 4.78 is 29.9. The first kappa shape index (κ1) is 31.7. The number of aliphatic hydroxyl groups excluding tert-OH is 2. The van der Waals surface area contributed by atoms with Gasteiger partial charge >= 0.3 is 17.6 Å². The van der Waals surface area contributed by atoms with E-state index in [1.54, 1.807) is 12.1 Å². The highest BCUT2D eigenvalue weighted by Crippen LogP contribution is 2.40. The lowest BCUT2D eigenvalue weighted by Crippen LogP contribution is -2.43. The second kappa shape index (κ2) is 14.4. The third kappa shape index (κ3) is 9.90. The molecule has 4 atom stereocenters. The van der Waals surface area contributed by atoms with Crippen molar-refractivity contribution in [1.29, 1.82) is 0 Å². The number of H-pyrrole nitrogens is 1. The number of para-hydroxylation sites is 1. The molecule has 3 rings (SSSR count). The molecule has 12 heteroatoms. The molecule has 206 valence electrons. The van der Waals surface area contributed by atoms with Crippen molar-refractivity contribution in [3.63, 3.8) is 0 Å². The lowest BCUT2D eigenvalue weighted by atomic mass is 9.98. The van der Waals surface area contributed by atoms with Crippen molar-refractivity contribution in [2.75, 3.05) is 6.61 Å². The van der Waals surface area contributed by atoms with Crippen molar-refractivity contribution in [2.24, 2.45) is 5.92 Å². The summed E-state index contributed by atoms with van der Waals surface area (Å²) >= 11 is 0. The second-order valence-corrected chi connectivity index (χ2v) is 8.87. The quantitative estimate of drug-likeness (QED) is 0.390. The van der Waals surface area contributed by atoms with E-state index in [0.29, 0.717) is 5.75 Å². The minimum Gasteiger partial charge on any atom is -0.463 e. The zero-order valence-electron chi connectivity index (χ0n) is 21.7. The van der Waals surface area contributed by atoms with E-state index >= 15 is 0 Å². The maximum absolute atomic E-state index is 14.3. The van der Waals surface area contributed by atoms with Crippen molar-refractivity contribution < 1.29 is 38.4 Å². The van der Waals surface area contributed by atoms with Crippen LogP contribution in [0.25, 0.3) is 0 Å². The molecule has 1 aliphatic heterocycles. The summed E-state index contributed by atoms with van der Waals surface area (Å²) in [5.74, 6) is 0.179. The second-order valence-electron chi connectivity index (χ2n) is 8.87. The molecule has 0 unspecified atom stereocenters. The van der Waals surface area contributed by atoms with Gasteiger partial charge in [-0.05, 0) is 32.9 Å². The molecule has 37 heavy (non-hydrogen) atoms. The number of aromatic amines is 1. The highest BCUT2D eigenvalue weighted by atomic mass is 19.1. The zero-order chi connectivity index (χ0) is 28.3. The van der Waals surface area contributed by atoms with Crippen LogP contribution in [-0.2, 0) is 19.1 Å². The normalized spacial score (nSPS) is 22.4. The number of aromatic nitrogens is 2. The van der Waals surface area contributed by atoms with Crippen LogP contribution < -0.4 is 16.0 Å². The standard InChI is InChI=1S/C10H13FN2O5.C8H8O2.C7H14O2/c1-10(11)7(16)5(4-14)18-8(10)13-3-2-6(15)12-9(13)17;1-7(9)10-8-5-3-2-4-6-8;1-5(2)7(8)9-6(3)4/h2-3,5,7-8,14,16H,4H2,1H3,(H,12,15,17);2-6H,1H3;5-6H,1-4H3/t5-,7-,8-,10-;;/m1../s1. The van der Waals surface area contributed by atoms with E-state index in [2.05, 4.69) is 0 Å². The van der Waals surface area contributed by atoms with Crippen molar-refractivity contribution in [3.8, 4) is 5.75 Å². The van der Waals surface area contributed by atoms with Gasteiger partial charge in [-0.15, -0.1) is 0 Å². The van der Waals surface area contributed by atoms with Crippen molar-refractivity contribution in [2.45, 2.75) is 71.8 Å². The Morgan fingerprint density at radius 1 is 1.16 bits per heavy atom. The molecule has 0 saturated carbocycles. The number of aliphatic hydroxyl groups is 2. The molecule has 3 N–H and O–H groups in total. The number of nitrogens with zero attached hydrogens (tertiary/aromatic N) is 1. The maximum Gasteiger partial charge on any atom is 0.330 e. The molecule has 0 aliphatic carbocycles. The van der Waals surface area contributed by atoms with Crippen LogP contribution in [0.5, 0.6) is 5.75 Å². The number of carbonyl (C=O) groups excluding carboxylic acids is 2. The predicted molar refractivity (Wildman–Crippen MR) is 132 cm³/mol. The number of carbonyl (C=O) groups is 2. The van der Waals surface area contributed by atoms with Gasteiger partial charge in [-0.1, -0.05) is 32.0 Å². The number of ether oxygens (including phenoxy) is 3. The van der Waals surface area contributed by atoms with Crippen LogP contribution in [0, 0.1) is 5.92 Å². The van der Waals surface area contributed by atoms with Crippen LogP contribution >= 0.6 is 0 Å². The van der Waals surface area contributed by atoms with E-state index in [9.17, 15) is 28.7 Å². The third-order valence-electron chi connectivity index (χ3n) is 4.83. The van der Waals surface area contributed by atoms with Gasteiger partial charge in [-0.25, -0.2) is 9.18 Å². The first-order chi connectivity index (χ1) is 17.2. The number of alkyl halides is 1. The minimum atomic E-state index is -2.25. The van der Waals surface area contributed by atoms with E-state index in [1.165, 1.54) is 6.92 Å². The van der Waals surface area contributed by atoms with Gasteiger partial charge in [-0.3, -0.25) is 23.9 Å². The molecule has 0 amide bonds. The zero-order valence-corrected chi connectivity index (χ0v) is 21.7. The van der Waals surface area contributed by atoms with Crippen LogP contribution in [0.15, 0.2) is 52.2 Å². The SMILES string of the molecule is CC(=O)Oc1ccccc1.CC(C)OC(=O)C(C)C.C[C@@]1(F)[C@H](O)[C@@H](CO)O[C@H]1n1ccc(=O)[nH]c1=O. The molecule has 1 aliphatic rings. The number of hydrogen-bond acceptors (Lipinski definition) is 9. The molecule has 0 spiro atoms. The number of benzene rings is 1. The highest BCUT2D eigenvalue weighted by Gasteiger charge is 2.55. The Morgan fingerprint density at radius 3 is 2.16 bits per heavy atom. The summed E-state index contributed by atoms with van der Waals surface area (Å²) in [6.07, 6.45) is -3.00. The fraction of sp³-hybridized carbons (Fsp3) is 0.520. The lowest BCUT2D eigenvalue weighted by molar-refractivity contribution is -0.151. The first-order valence-corrected chi connectivity index (χ1v) is 11.6. The van der Waals surface area contributed by atoms with Crippen molar-refractivity contribution >= 4 is 11.9 Å². The van der Waals surface area contributed by atoms with Crippen LogP contribution in [0.3, 0.4) is 0 Å². The van der Waals surface area contributed by atoms with Gasteiger partial charge < -0.3 is 24.4 Å². The third-order valence-corrected chi connectivity index (χ3v) is 4.83. The van der Waals surface area contributed by atoms with Crippen molar-refractivity contribution in [1.82, 2.24) is 9.55 Å². The van der Waals surface area contributed by atoms with Crippen LogP contribution in [0.1, 0.15) is 47.8 Å². The monoisotopic (exact) mass is 526 g/mol. The Bertz CT molecular complexity index is 1110. The highest BCUT2D eigenvalue weighted by molar-refractivity contribution is 5.71. The van der Waals surface area contributed by atoms with Gasteiger partial charge in [0.05, 0.1) is 18.6 Å². The Morgan fingerprint density at radius 2 is 1.76 bits per heavy atom. The largest absolute Gasteiger partial charge is 0.463 e. The fourth-order valence-electron chi connectivity index (χ4n) is 3.00. The summed E-state index contributed by atoms with van der Waals surface area (Å²) in [5, 5.41) is 18.6. The van der Waals surface area contributed by atoms with E-state index in [4.69, 9.17) is 19.3 Å². The van der Waals surface area contributed by atoms with Gasteiger partial charge in [0.15, 0.2) is 11.9 Å². The minimum absolute atomic E-state index is 0.00704. The molecule has 0 radical (unpaired) electrons. The van der Waals surface area contributed by atoms with Gasteiger partial charge in [0.1, 0.15) is 18.0 Å². The Kier molecular flexibility index (Phi) is 12.3. The molecule has 2 aromatic rings. The van der Waals surface area contributed by atoms with E-state index < -0.39 is 42.0 Å². The molecular weight excluding hydrogens is 491 g/mol. The van der Waals surface area contributed by atoms with Crippen LogP contribution in [0.2, 0.25) is 0 Å². The smallest absolute Gasteiger partial charge is 0.330 e. The number of halogens is 1. The topological polar surface area (TPSA) is 157 Å². The fourth-order valence-corrected chi connectivity index (χ4v) is 3.00. The molecule has 1 fully saturated rings.